The number of ether oxygens (including phenoxy) is 3. The smallest absolute Gasteiger partial charge is 0.378 e. The molecule has 0 saturated carbocycles. The molecule has 20 heavy (non-hydrogen) atoms. The van der Waals surface area contributed by atoms with Crippen LogP contribution in [-0.4, -0.2) is 44.1 Å². The average Bonchev–Trinajstić information content (AvgIpc) is 2.47. The third kappa shape index (κ3) is 2.63. The fraction of sp³-hybridized carbons (Fsp3) is 0.571. The zero-order valence-corrected chi connectivity index (χ0v) is 14.3. The topological polar surface area (TPSA) is 46.2 Å². The van der Waals surface area contributed by atoms with Crippen molar-refractivity contribution in [3.63, 3.8) is 0 Å². The van der Waals surface area contributed by atoms with Gasteiger partial charge in [0.25, 0.3) is 0 Å². The van der Waals surface area contributed by atoms with E-state index in [4.69, 9.17) is 23.1 Å². The van der Waals surface area contributed by atoms with Gasteiger partial charge < -0.3 is 23.1 Å². The zero-order chi connectivity index (χ0) is 15.3. The lowest BCUT2D eigenvalue weighted by molar-refractivity contribution is 0.246. The Morgan fingerprint density at radius 3 is 1.70 bits per heavy atom. The average molecular weight is 300 g/mol. The Balaban J connectivity index is 3.58. The number of benzene rings is 1. The molecule has 0 aromatic heterocycles. The third-order valence-electron chi connectivity index (χ3n) is 3.45. The molecule has 0 saturated heterocycles. The minimum Gasteiger partial charge on any atom is -0.493 e. The van der Waals surface area contributed by atoms with Crippen molar-refractivity contribution in [2.45, 2.75) is 19.4 Å². The van der Waals surface area contributed by atoms with Crippen LogP contribution in [0.1, 0.15) is 13.8 Å². The van der Waals surface area contributed by atoms with E-state index in [2.05, 4.69) is 13.8 Å². The normalized spacial score (nSPS) is 11.6. The fourth-order valence-electron chi connectivity index (χ4n) is 2.46. The molecule has 114 valence electrons. The van der Waals surface area contributed by atoms with Crippen LogP contribution in [0.25, 0.3) is 0 Å². The molecule has 5 nitrogen and oxygen atoms in total. The van der Waals surface area contributed by atoms with Crippen LogP contribution in [0.2, 0.25) is 5.54 Å². The van der Waals surface area contributed by atoms with Crippen molar-refractivity contribution in [2.75, 3.05) is 35.5 Å². The first-order valence-electron chi connectivity index (χ1n) is 6.42. The first-order chi connectivity index (χ1) is 9.52. The molecule has 1 rings (SSSR count). The second-order valence-corrected chi connectivity index (χ2v) is 8.46. The molecule has 0 aliphatic heterocycles. The van der Waals surface area contributed by atoms with Crippen LogP contribution in [0.5, 0.6) is 17.2 Å². The second kappa shape index (κ2) is 6.96. The van der Waals surface area contributed by atoms with Crippen molar-refractivity contribution in [1.82, 2.24) is 0 Å². The van der Waals surface area contributed by atoms with Gasteiger partial charge in [-0.2, -0.15) is 0 Å². The second-order valence-electron chi connectivity index (χ2n) is 4.61. The Kier molecular flexibility index (Phi) is 5.85. The van der Waals surface area contributed by atoms with Gasteiger partial charge in [-0.25, -0.2) is 0 Å². The van der Waals surface area contributed by atoms with E-state index >= 15 is 0 Å². The summed E-state index contributed by atoms with van der Waals surface area (Å²) in [6.07, 6.45) is 0. The summed E-state index contributed by atoms with van der Waals surface area (Å²) in [5.74, 6) is 1.78. The summed E-state index contributed by atoms with van der Waals surface area (Å²) < 4.78 is 27.8. The number of hydrogen-bond donors (Lipinski definition) is 0. The van der Waals surface area contributed by atoms with E-state index in [0.717, 1.165) is 5.19 Å². The summed E-state index contributed by atoms with van der Waals surface area (Å²) >= 11 is 0. The van der Waals surface area contributed by atoms with Crippen molar-refractivity contribution in [2.24, 2.45) is 0 Å². The molecule has 0 bridgehead atoms. The number of hydrogen-bond acceptors (Lipinski definition) is 5. The molecule has 0 unspecified atom stereocenters. The van der Waals surface area contributed by atoms with Crippen LogP contribution in [0, 0.1) is 0 Å². The quantitative estimate of drug-likeness (QED) is 0.721. The molecule has 0 N–H and O–H groups in total. The van der Waals surface area contributed by atoms with Crippen molar-refractivity contribution in [3.05, 3.63) is 12.1 Å². The van der Waals surface area contributed by atoms with Gasteiger partial charge in [-0.3, -0.25) is 0 Å². The van der Waals surface area contributed by atoms with Crippen molar-refractivity contribution in [1.29, 1.82) is 0 Å². The number of rotatable bonds is 7. The first-order valence-corrected chi connectivity index (χ1v) is 8.31. The van der Waals surface area contributed by atoms with Gasteiger partial charge in [0, 0.05) is 24.9 Å². The molecule has 0 amide bonds. The minimum absolute atomic E-state index is 0.213. The number of methoxy groups -OCH3 is 3. The fourth-order valence-corrected chi connectivity index (χ4v) is 5.48. The maximum absolute atomic E-state index is 5.79. The Bertz CT molecular complexity index is 443. The minimum atomic E-state index is -2.61. The lowest BCUT2D eigenvalue weighted by atomic mass is 10.3. The molecule has 0 fully saturated rings. The largest absolute Gasteiger partial charge is 0.493 e. The van der Waals surface area contributed by atoms with Crippen LogP contribution >= 0.6 is 0 Å². The predicted octanol–water partition coefficient (Wildman–Crippen LogP) is 2.06. The van der Waals surface area contributed by atoms with Crippen LogP contribution in [-0.2, 0) is 8.85 Å². The molecule has 0 atom stereocenters. The van der Waals surface area contributed by atoms with Crippen molar-refractivity contribution < 1.29 is 23.1 Å². The molecule has 1 aromatic carbocycles. The Morgan fingerprint density at radius 2 is 1.35 bits per heavy atom. The van der Waals surface area contributed by atoms with Crippen molar-refractivity contribution >= 4 is 13.7 Å². The summed E-state index contributed by atoms with van der Waals surface area (Å²) in [7, 11) is 5.52. The van der Waals surface area contributed by atoms with Crippen LogP contribution in [0.3, 0.4) is 0 Å². The highest BCUT2D eigenvalue weighted by atomic mass is 28.4. The van der Waals surface area contributed by atoms with Crippen LogP contribution in [0.4, 0.5) is 0 Å². The van der Waals surface area contributed by atoms with Crippen molar-refractivity contribution in [3.8, 4) is 17.2 Å². The Morgan fingerprint density at radius 1 is 0.800 bits per heavy atom. The molecule has 0 spiro atoms. The maximum Gasteiger partial charge on any atom is 0.378 e. The summed E-state index contributed by atoms with van der Waals surface area (Å²) in [5, 5.41) is 0.901. The van der Waals surface area contributed by atoms with Gasteiger partial charge in [0.15, 0.2) is 11.5 Å². The molecule has 0 aliphatic rings. The third-order valence-corrected chi connectivity index (χ3v) is 7.32. The van der Waals surface area contributed by atoms with Gasteiger partial charge >= 0.3 is 8.56 Å². The lowest BCUT2D eigenvalue weighted by Gasteiger charge is -2.33. The Hall–Kier alpha value is -1.24. The summed E-state index contributed by atoms with van der Waals surface area (Å²) in [6.45, 7) is 4.16. The van der Waals surface area contributed by atoms with E-state index in [1.54, 1.807) is 35.5 Å². The van der Waals surface area contributed by atoms with E-state index in [-0.39, 0.29) is 5.54 Å². The van der Waals surface area contributed by atoms with Gasteiger partial charge in [0.1, 0.15) is 0 Å². The van der Waals surface area contributed by atoms with Gasteiger partial charge in [0.05, 0.1) is 21.3 Å². The highest BCUT2D eigenvalue weighted by molar-refractivity contribution is 6.83. The summed E-state index contributed by atoms with van der Waals surface area (Å²) in [4.78, 5) is 0. The first kappa shape index (κ1) is 16.8. The lowest BCUT2D eigenvalue weighted by Crippen LogP contribution is -2.55. The van der Waals surface area contributed by atoms with Crippen LogP contribution in [0.15, 0.2) is 12.1 Å². The predicted molar refractivity (Wildman–Crippen MR) is 80.6 cm³/mol. The monoisotopic (exact) mass is 300 g/mol. The van der Waals surface area contributed by atoms with Gasteiger partial charge in [-0.15, -0.1) is 0 Å². The van der Waals surface area contributed by atoms with Gasteiger partial charge in [-0.05, 0) is 6.07 Å². The molecular weight excluding hydrogens is 276 g/mol. The van der Waals surface area contributed by atoms with E-state index in [1.807, 2.05) is 12.1 Å². The van der Waals surface area contributed by atoms with E-state index in [9.17, 15) is 0 Å². The molecular formula is C14H24O5Si. The maximum atomic E-state index is 5.79. The molecule has 0 heterocycles. The molecule has 6 heteroatoms. The summed E-state index contributed by atoms with van der Waals surface area (Å²) in [5.41, 5.74) is 0.213. The molecule has 1 aromatic rings. The SMILES string of the molecule is COc1ccc([Si](OC)(OC)C(C)C)c(OC)c1OC. The molecule has 0 aliphatic carbocycles. The Labute approximate surface area is 122 Å². The van der Waals surface area contributed by atoms with Gasteiger partial charge in [-0.1, -0.05) is 19.9 Å². The zero-order valence-electron chi connectivity index (χ0n) is 13.3. The molecule has 0 radical (unpaired) electrons. The standard InChI is InChI=1S/C14H24O5Si/c1-10(2)20(18-6,19-7)12-9-8-11(15-3)13(16-4)14(12)17-5/h8-10H,1-7H3. The van der Waals surface area contributed by atoms with E-state index in [0.29, 0.717) is 17.2 Å². The van der Waals surface area contributed by atoms with E-state index in [1.165, 1.54) is 0 Å². The van der Waals surface area contributed by atoms with E-state index < -0.39 is 8.56 Å². The highest BCUT2D eigenvalue weighted by Crippen LogP contribution is 2.38. The summed E-state index contributed by atoms with van der Waals surface area (Å²) in [6, 6.07) is 3.78. The van der Waals surface area contributed by atoms with Gasteiger partial charge in [0.2, 0.25) is 5.75 Å². The van der Waals surface area contributed by atoms with Crippen LogP contribution < -0.4 is 19.4 Å². The highest BCUT2D eigenvalue weighted by Gasteiger charge is 2.45.